The molecule has 0 bridgehead atoms. The maximum Gasteiger partial charge on any atom is 0.343 e. The van der Waals surface area contributed by atoms with Gasteiger partial charge in [0.1, 0.15) is 10.7 Å². The van der Waals surface area contributed by atoms with Crippen LogP contribution < -0.4 is 15.8 Å². The van der Waals surface area contributed by atoms with Crippen LogP contribution in [0, 0.1) is 0 Å². The van der Waals surface area contributed by atoms with Gasteiger partial charge in [0, 0.05) is 18.5 Å². The number of nitrogens with two attached hydrogens (primary N) is 1. The third-order valence-corrected chi connectivity index (χ3v) is 4.11. The Morgan fingerprint density at radius 1 is 1.04 bits per heavy atom. The van der Waals surface area contributed by atoms with Crippen molar-refractivity contribution in [2.45, 2.75) is 19.4 Å². The second kappa shape index (κ2) is 10.3. The van der Waals surface area contributed by atoms with E-state index in [-0.39, 0.29) is 12.5 Å². The maximum atomic E-state index is 12.0. The molecule has 0 aliphatic heterocycles. The summed E-state index contributed by atoms with van der Waals surface area (Å²) in [6.45, 7) is 0.293. The molecule has 2 rings (SSSR count). The first-order valence-electron chi connectivity index (χ1n) is 8.42. The number of methoxy groups -OCH3 is 1. The van der Waals surface area contributed by atoms with Crippen molar-refractivity contribution in [3.05, 3.63) is 65.2 Å². The standard InChI is InChI=1S/C20H22N2O4S/c1-25-19(24)13-26-17-9-4-15(5-10-17)12-22-18(23)11-6-14-2-7-16(8-3-14)20(21)27/h2-5,7-10H,6,11-13H2,1H3,(H2,21,27)(H,22,23). The predicted molar refractivity (Wildman–Crippen MR) is 106 cm³/mol. The van der Waals surface area contributed by atoms with Gasteiger partial charge in [0.25, 0.3) is 0 Å². The minimum Gasteiger partial charge on any atom is -0.482 e. The lowest BCUT2D eigenvalue weighted by Gasteiger charge is -2.08. The monoisotopic (exact) mass is 386 g/mol. The van der Waals surface area contributed by atoms with E-state index in [0.717, 1.165) is 16.7 Å². The van der Waals surface area contributed by atoms with Crippen LogP contribution in [0.2, 0.25) is 0 Å². The van der Waals surface area contributed by atoms with Gasteiger partial charge < -0.3 is 20.5 Å². The highest BCUT2D eigenvalue weighted by Crippen LogP contribution is 2.12. The van der Waals surface area contributed by atoms with Gasteiger partial charge in [-0.25, -0.2) is 4.79 Å². The number of benzene rings is 2. The van der Waals surface area contributed by atoms with Gasteiger partial charge in [-0.3, -0.25) is 4.79 Å². The lowest BCUT2D eigenvalue weighted by Crippen LogP contribution is -2.23. The fourth-order valence-corrected chi connectivity index (χ4v) is 2.42. The third kappa shape index (κ3) is 7.07. The molecule has 0 atom stereocenters. The number of rotatable bonds is 9. The lowest BCUT2D eigenvalue weighted by atomic mass is 10.1. The van der Waals surface area contributed by atoms with Crippen molar-refractivity contribution in [1.29, 1.82) is 0 Å². The quantitative estimate of drug-likeness (QED) is 0.507. The zero-order valence-electron chi connectivity index (χ0n) is 15.1. The fraction of sp³-hybridized carbons (Fsp3) is 0.250. The molecule has 1 amide bonds. The molecule has 0 aliphatic rings. The molecule has 0 fully saturated rings. The minimum atomic E-state index is -0.438. The Balaban J connectivity index is 1.73. The number of aryl methyl sites for hydroxylation is 1. The zero-order chi connectivity index (χ0) is 19.6. The first-order chi connectivity index (χ1) is 13.0. The van der Waals surface area contributed by atoms with Crippen molar-refractivity contribution in [2.24, 2.45) is 5.73 Å². The highest BCUT2D eigenvalue weighted by molar-refractivity contribution is 7.80. The molecule has 7 heteroatoms. The van der Waals surface area contributed by atoms with E-state index in [1.165, 1.54) is 7.11 Å². The molecule has 3 N–H and O–H groups in total. The van der Waals surface area contributed by atoms with Gasteiger partial charge in [0.2, 0.25) is 5.91 Å². The van der Waals surface area contributed by atoms with E-state index in [9.17, 15) is 9.59 Å². The van der Waals surface area contributed by atoms with Crippen molar-refractivity contribution < 1.29 is 19.1 Å². The van der Waals surface area contributed by atoms with Crippen LogP contribution >= 0.6 is 12.2 Å². The molecule has 0 radical (unpaired) electrons. The van der Waals surface area contributed by atoms with E-state index in [1.807, 2.05) is 36.4 Å². The number of carbonyl (C=O) groups excluding carboxylic acids is 2. The molecule has 0 heterocycles. The normalized spacial score (nSPS) is 10.1. The van der Waals surface area contributed by atoms with Crippen molar-refractivity contribution in [3.8, 4) is 5.75 Å². The van der Waals surface area contributed by atoms with E-state index in [4.69, 9.17) is 22.7 Å². The second-order valence-electron chi connectivity index (χ2n) is 5.85. The van der Waals surface area contributed by atoms with Gasteiger partial charge in [-0.15, -0.1) is 0 Å². The van der Waals surface area contributed by atoms with Gasteiger partial charge >= 0.3 is 5.97 Å². The van der Waals surface area contributed by atoms with Crippen LogP contribution in [-0.4, -0.2) is 30.6 Å². The first kappa shape index (κ1) is 20.4. The maximum absolute atomic E-state index is 12.0. The summed E-state index contributed by atoms with van der Waals surface area (Å²) in [4.78, 5) is 23.4. The Bertz CT molecular complexity index is 789. The average molecular weight is 386 g/mol. The number of ether oxygens (including phenoxy) is 2. The molecule has 142 valence electrons. The molecule has 6 nitrogen and oxygen atoms in total. The zero-order valence-corrected chi connectivity index (χ0v) is 15.9. The molecule has 0 saturated carbocycles. The Kier molecular flexibility index (Phi) is 7.76. The average Bonchev–Trinajstić information content (AvgIpc) is 2.69. The van der Waals surface area contributed by atoms with Crippen molar-refractivity contribution in [1.82, 2.24) is 5.32 Å². The van der Waals surface area contributed by atoms with E-state index in [1.54, 1.807) is 12.1 Å². The first-order valence-corrected chi connectivity index (χ1v) is 8.82. The van der Waals surface area contributed by atoms with Crippen LogP contribution in [0.4, 0.5) is 0 Å². The van der Waals surface area contributed by atoms with Crippen molar-refractivity contribution in [2.75, 3.05) is 13.7 Å². The SMILES string of the molecule is COC(=O)COc1ccc(CNC(=O)CCc2ccc(C(N)=S)cc2)cc1. The van der Waals surface area contributed by atoms with E-state index < -0.39 is 5.97 Å². The summed E-state index contributed by atoms with van der Waals surface area (Å²) in [6.07, 6.45) is 1.04. The van der Waals surface area contributed by atoms with Gasteiger partial charge in [-0.05, 0) is 29.7 Å². The Hall–Kier alpha value is -2.93. The van der Waals surface area contributed by atoms with E-state index >= 15 is 0 Å². The number of amides is 1. The highest BCUT2D eigenvalue weighted by Gasteiger charge is 2.05. The summed E-state index contributed by atoms with van der Waals surface area (Å²) >= 11 is 4.92. The van der Waals surface area contributed by atoms with Gasteiger partial charge in [0.15, 0.2) is 6.61 Å². The molecule has 0 aliphatic carbocycles. The summed E-state index contributed by atoms with van der Waals surface area (Å²) in [5, 5.41) is 2.88. The van der Waals surface area contributed by atoms with Crippen molar-refractivity contribution in [3.63, 3.8) is 0 Å². The van der Waals surface area contributed by atoms with Gasteiger partial charge in [-0.1, -0.05) is 48.6 Å². The van der Waals surface area contributed by atoms with Crippen LogP contribution in [0.3, 0.4) is 0 Å². The number of esters is 1. The number of carbonyl (C=O) groups is 2. The Morgan fingerprint density at radius 2 is 1.67 bits per heavy atom. The number of nitrogens with one attached hydrogen (secondary N) is 1. The van der Waals surface area contributed by atoms with Crippen LogP contribution in [-0.2, 0) is 27.3 Å². The van der Waals surface area contributed by atoms with Crippen LogP contribution in [0.5, 0.6) is 5.75 Å². The summed E-state index contributed by atoms with van der Waals surface area (Å²) in [5.41, 5.74) is 8.37. The van der Waals surface area contributed by atoms with Crippen molar-refractivity contribution >= 4 is 29.1 Å². The molecule has 0 aromatic heterocycles. The van der Waals surface area contributed by atoms with Gasteiger partial charge in [0.05, 0.1) is 7.11 Å². The summed E-state index contributed by atoms with van der Waals surface area (Å²) in [6, 6.07) is 14.7. The molecule has 27 heavy (non-hydrogen) atoms. The highest BCUT2D eigenvalue weighted by atomic mass is 32.1. The van der Waals surface area contributed by atoms with Crippen LogP contribution in [0.1, 0.15) is 23.1 Å². The predicted octanol–water partition coefficient (Wildman–Crippen LogP) is 2.12. The number of hydrogen-bond acceptors (Lipinski definition) is 5. The number of thiocarbonyl (C=S) groups is 1. The molecule has 2 aromatic carbocycles. The topological polar surface area (TPSA) is 90.6 Å². The second-order valence-corrected chi connectivity index (χ2v) is 6.29. The minimum absolute atomic E-state index is 0.0283. The van der Waals surface area contributed by atoms with E-state index in [0.29, 0.717) is 30.1 Å². The lowest BCUT2D eigenvalue weighted by molar-refractivity contribution is -0.142. The third-order valence-electron chi connectivity index (χ3n) is 3.88. The molecule has 0 saturated heterocycles. The summed E-state index contributed by atoms with van der Waals surface area (Å²) in [5.74, 6) is 0.0991. The molecular weight excluding hydrogens is 364 g/mol. The summed E-state index contributed by atoms with van der Waals surface area (Å²) < 4.78 is 9.78. The van der Waals surface area contributed by atoms with Crippen LogP contribution in [0.25, 0.3) is 0 Å². The Labute approximate surface area is 163 Å². The molecule has 0 unspecified atom stereocenters. The Morgan fingerprint density at radius 3 is 2.26 bits per heavy atom. The molecular formula is C20H22N2O4S. The van der Waals surface area contributed by atoms with Gasteiger partial charge in [-0.2, -0.15) is 0 Å². The largest absolute Gasteiger partial charge is 0.482 e. The molecule has 2 aromatic rings. The van der Waals surface area contributed by atoms with Crippen LogP contribution in [0.15, 0.2) is 48.5 Å². The van der Waals surface area contributed by atoms with E-state index in [2.05, 4.69) is 10.1 Å². The number of hydrogen-bond donors (Lipinski definition) is 2. The fourth-order valence-electron chi connectivity index (χ4n) is 2.29. The smallest absolute Gasteiger partial charge is 0.343 e. The molecule has 0 spiro atoms. The summed E-state index contributed by atoms with van der Waals surface area (Å²) in [7, 11) is 1.31.